The van der Waals surface area contributed by atoms with E-state index in [4.69, 9.17) is 4.74 Å². The Bertz CT molecular complexity index is 737. The maximum absolute atomic E-state index is 12.7. The number of guanidine groups is 1. The lowest BCUT2D eigenvalue weighted by molar-refractivity contribution is -0.137. The Hall–Kier alpha value is -1.56. The summed E-state index contributed by atoms with van der Waals surface area (Å²) in [6, 6.07) is 4.82. The molecule has 0 amide bonds. The average molecular weight is 514 g/mol. The standard InChI is InChI=1S/C17H21F3N4OS.HI/c1-3-14-10-23-15(26-14)11-24-16(21-2)22-7-8-25-13-6-4-5-12(9-13)17(18,19)20;/h4-6,9-10H,3,7-8,11H2,1-2H3,(H2,21,22,24);1H. The van der Waals surface area contributed by atoms with Crippen LogP contribution in [-0.2, 0) is 19.1 Å². The normalized spacial score (nSPS) is 11.7. The van der Waals surface area contributed by atoms with Crippen LogP contribution in [0.5, 0.6) is 5.75 Å². The number of alkyl halides is 3. The zero-order chi connectivity index (χ0) is 19.0. The van der Waals surface area contributed by atoms with Gasteiger partial charge in [-0.15, -0.1) is 35.3 Å². The molecular weight excluding hydrogens is 492 g/mol. The maximum atomic E-state index is 12.7. The van der Waals surface area contributed by atoms with E-state index < -0.39 is 11.7 Å². The van der Waals surface area contributed by atoms with Crippen LogP contribution in [0, 0.1) is 0 Å². The Kier molecular flexibility index (Phi) is 9.84. The molecule has 1 aromatic heterocycles. The fourth-order valence-corrected chi connectivity index (χ4v) is 2.88. The SMILES string of the molecule is CCc1cnc(CNC(=NC)NCCOc2cccc(C(F)(F)F)c2)s1.I. The number of nitrogens with one attached hydrogen (secondary N) is 2. The molecule has 0 aliphatic heterocycles. The summed E-state index contributed by atoms with van der Waals surface area (Å²) in [5.41, 5.74) is -0.727. The Morgan fingerprint density at radius 3 is 2.70 bits per heavy atom. The van der Waals surface area contributed by atoms with Crippen molar-refractivity contribution in [3.05, 3.63) is 45.9 Å². The highest BCUT2D eigenvalue weighted by atomic mass is 127. The van der Waals surface area contributed by atoms with E-state index in [1.165, 1.54) is 17.0 Å². The third kappa shape index (κ3) is 7.91. The summed E-state index contributed by atoms with van der Waals surface area (Å²) < 4.78 is 43.3. The van der Waals surface area contributed by atoms with Crippen LogP contribution in [0.15, 0.2) is 35.5 Å². The van der Waals surface area contributed by atoms with E-state index in [9.17, 15) is 13.2 Å². The van der Waals surface area contributed by atoms with Crippen molar-refractivity contribution < 1.29 is 17.9 Å². The predicted molar refractivity (Wildman–Crippen MR) is 112 cm³/mol. The van der Waals surface area contributed by atoms with E-state index in [0.29, 0.717) is 19.0 Å². The molecule has 0 aliphatic rings. The quantitative estimate of drug-likeness (QED) is 0.253. The van der Waals surface area contributed by atoms with Crippen LogP contribution in [0.3, 0.4) is 0 Å². The first kappa shape index (κ1) is 23.5. The van der Waals surface area contributed by atoms with Crippen LogP contribution in [0.4, 0.5) is 13.2 Å². The number of nitrogens with zero attached hydrogens (tertiary/aromatic N) is 2. The summed E-state index contributed by atoms with van der Waals surface area (Å²) >= 11 is 1.64. The van der Waals surface area contributed by atoms with Crippen molar-refractivity contribution in [3.63, 3.8) is 0 Å². The van der Waals surface area contributed by atoms with Crippen molar-refractivity contribution in [1.82, 2.24) is 15.6 Å². The van der Waals surface area contributed by atoms with Gasteiger partial charge in [0.05, 0.1) is 18.7 Å². The molecule has 10 heteroatoms. The van der Waals surface area contributed by atoms with E-state index in [0.717, 1.165) is 23.6 Å². The van der Waals surface area contributed by atoms with Gasteiger partial charge in [0.15, 0.2) is 5.96 Å². The highest BCUT2D eigenvalue weighted by molar-refractivity contribution is 14.0. The van der Waals surface area contributed by atoms with Gasteiger partial charge in [-0.2, -0.15) is 13.2 Å². The van der Waals surface area contributed by atoms with Gasteiger partial charge in [0, 0.05) is 18.1 Å². The topological polar surface area (TPSA) is 58.5 Å². The fraction of sp³-hybridized carbons (Fsp3) is 0.412. The van der Waals surface area contributed by atoms with Crippen molar-refractivity contribution >= 4 is 41.3 Å². The van der Waals surface area contributed by atoms with Crippen LogP contribution >= 0.6 is 35.3 Å². The molecule has 2 aromatic rings. The molecule has 0 spiro atoms. The van der Waals surface area contributed by atoms with Crippen molar-refractivity contribution in [3.8, 4) is 5.75 Å². The first-order valence-electron chi connectivity index (χ1n) is 8.10. The molecule has 0 bridgehead atoms. The van der Waals surface area contributed by atoms with Gasteiger partial charge in [0.1, 0.15) is 17.4 Å². The summed E-state index contributed by atoms with van der Waals surface area (Å²) in [6.07, 6.45) is -1.56. The van der Waals surface area contributed by atoms with Crippen LogP contribution in [0.25, 0.3) is 0 Å². The molecule has 0 saturated carbocycles. The largest absolute Gasteiger partial charge is 0.492 e. The van der Waals surface area contributed by atoms with E-state index >= 15 is 0 Å². The summed E-state index contributed by atoms with van der Waals surface area (Å²) in [6.45, 7) is 3.24. The minimum absolute atomic E-state index is 0. The lowest BCUT2D eigenvalue weighted by Crippen LogP contribution is -2.38. The molecule has 0 fully saturated rings. The molecule has 27 heavy (non-hydrogen) atoms. The molecule has 0 unspecified atom stereocenters. The number of aliphatic imine (C=N–C) groups is 1. The van der Waals surface area contributed by atoms with E-state index in [1.807, 2.05) is 6.20 Å². The Balaban J connectivity index is 0.00000364. The smallest absolute Gasteiger partial charge is 0.416 e. The van der Waals surface area contributed by atoms with Crippen molar-refractivity contribution in [1.29, 1.82) is 0 Å². The molecule has 1 heterocycles. The van der Waals surface area contributed by atoms with Gasteiger partial charge in [0.2, 0.25) is 0 Å². The van der Waals surface area contributed by atoms with Crippen LogP contribution in [-0.4, -0.2) is 31.1 Å². The third-order valence-corrected chi connectivity index (χ3v) is 4.55. The third-order valence-electron chi connectivity index (χ3n) is 3.41. The molecule has 5 nitrogen and oxygen atoms in total. The Morgan fingerprint density at radius 2 is 2.07 bits per heavy atom. The number of aromatic nitrogens is 1. The van der Waals surface area contributed by atoms with Crippen LogP contribution < -0.4 is 15.4 Å². The number of benzene rings is 1. The predicted octanol–water partition coefficient (Wildman–Crippen LogP) is 4.09. The van der Waals surface area contributed by atoms with Crippen molar-refractivity contribution in [2.24, 2.45) is 4.99 Å². The van der Waals surface area contributed by atoms with Crippen molar-refractivity contribution in [2.45, 2.75) is 26.1 Å². The fourth-order valence-electron chi connectivity index (χ4n) is 2.07. The van der Waals surface area contributed by atoms with E-state index in [-0.39, 0.29) is 36.3 Å². The first-order chi connectivity index (χ1) is 12.4. The number of halogens is 4. The zero-order valence-electron chi connectivity index (χ0n) is 15.0. The van der Waals surface area contributed by atoms with Gasteiger partial charge in [-0.05, 0) is 24.6 Å². The number of ether oxygens (including phenoxy) is 1. The second-order valence-electron chi connectivity index (χ2n) is 5.30. The molecule has 2 N–H and O–H groups in total. The van der Waals surface area contributed by atoms with Gasteiger partial charge in [-0.1, -0.05) is 13.0 Å². The summed E-state index contributed by atoms with van der Waals surface area (Å²) in [4.78, 5) is 9.62. The lowest BCUT2D eigenvalue weighted by atomic mass is 10.2. The Morgan fingerprint density at radius 1 is 1.30 bits per heavy atom. The zero-order valence-corrected chi connectivity index (χ0v) is 18.1. The number of hydrogen-bond donors (Lipinski definition) is 2. The maximum Gasteiger partial charge on any atom is 0.416 e. The van der Waals surface area contributed by atoms with Gasteiger partial charge >= 0.3 is 6.18 Å². The van der Waals surface area contributed by atoms with Gasteiger partial charge < -0.3 is 15.4 Å². The lowest BCUT2D eigenvalue weighted by Gasteiger charge is -2.13. The van der Waals surface area contributed by atoms with Crippen LogP contribution in [0.2, 0.25) is 0 Å². The second-order valence-corrected chi connectivity index (χ2v) is 6.50. The summed E-state index contributed by atoms with van der Waals surface area (Å²) in [5, 5.41) is 7.14. The molecule has 0 saturated heterocycles. The highest BCUT2D eigenvalue weighted by Gasteiger charge is 2.30. The number of hydrogen-bond acceptors (Lipinski definition) is 4. The number of aryl methyl sites for hydroxylation is 1. The highest BCUT2D eigenvalue weighted by Crippen LogP contribution is 2.31. The van der Waals surface area contributed by atoms with Crippen molar-refractivity contribution in [2.75, 3.05) is 20.2 Å². The molecule has 2 rings (SSSR count). The summed E-state index contributed by atoms with van der Waals surface area (Å²) in [7, 11) is 1.64. The Labute approximate surface area is 177 Å². The minimum Gasteiger partial charge on any atom is -0.492 e. The van der Waals surface area contributed by atoms with E-state index in [1.54, 1.807) is 18.4 Å². The summed E-state index contributed by atoms with van der Waals surface area (Å²) in [5.74, 6) is 0.755. The minimum atomic E-state index is -4.38. The molecule has 1 aromatic carbocycles. The average Bonchev–Trinajstić information content (AvgIpc) is 3.09. The molecule has 0 aliphatic carbocycles. The van der Waals surface area contributed by atoms with E-state index in [2.05, 4.69) is 27.5 Å². The molecule has 0 radical (unpaired) electrons. The monoisotopic (exact) mass is 514 g/mol. The molecule has 0 atom stereocenters. The number of rotatable bonds is 7. The molecule has 150 valence electrons. The van der Waals surface area contributed by atoms with Gasteiger partial charge in [-0.3, -0.25) is 4.99 Å². The number of thiazole rings is 1. The first-order valence-corrected chi connectivity index (χ1v) is 8.92. The van der Waals surface area contributed by atoms with Crippen LogP contribution in [0.1, 0.15) is 22.4 Å². The van der Waals surface area contributed by atoms with Gasteiger partial charge in [0.25, 0.3) is 0 Å². The second kappa shape index (κ2) is 11.3. The van der Waals surface area contributed by atoms with Gasteiger partial charge in [-0.25, -0.2) is 4.98 Å². The molecular formula is C17H22F3IN4OS.